The molecule has 76 valence electrons. The molecule has 0 aliphatic heterocycles. The summed E-state index contributed by atoms with van der Waals surface area (Å²) in [4.78, 5) is 8.45. The standard InChI is InChI=1S/C10H10N4S/c1-4-9-13-8(5-15-9)14-10(7(2)3)11-6-12-14/h1,5-7H,2-3H3. The average Bonchev–Trinajstić information content (AvgIpc) is 2.85. The van der Waals surface area contributed by atoms with Gasteiger partial charge in [0.05, 0.1) is 0 Å². The van der Waals surface area contributed by atoms with Crippen molar-refractivity contribution in [1.82, 2.24) is 19.7 Å². The number of thiazole rings is 1. The van der Waals surface area contributed by atoms with Gasteiger partial charge in [-0.15, -0.1) is 17.8 Å². The van der Waals surface area contributed by atoms with Crippen molar-refractivity contribution in [1.29, 1.82) is 0 Å². The molecule has 0 aliphatic rings. The van der Waals surface area contributed by atoms with Crippen molar-refractivity contribution in [2.75, 3.05) is 0 Å². The van der Waals surface area contributed by atoms with Gasteiger partial charge in [-0.2, -0.15) is 9.78 Å². The monoisotopic (exact) mass is 218 g/mol. The first-order chi connectivity index (χ1) is 7.22. The highest BCUT2D eigenvalue weighted by Gasteiger charge is 2.12. The molecule has 4 nitrogen and oxygen atoms in total. The van der Waals surface area contributed by atoms with Gasteiger partial charge in [-0.25, -0.2) is 9.97 Å². The van der Waals surface area contributed by atoms with E-state index in [2.05, 4.69) is 34.8 Å². The summed E-state index contributed by atoms with van der Waals surface area (Å²) >= 11 is 1.43. The lowest BCUT2D eigenvalue weighted by Crippen LogP contribution is -2.05. The third-order valence-electron chi connectivity index (χ3n) is 1.92. The summed E-state index contributed by atoms with van der Waals surface area (Å²) in [6, 6.07) is 0. The summed E-state index contributed by atoms with van der Waals surface area (Å²) in [7, 11) is 0. The molecule has 0 radical (unpaired) electrons. The van der Waals surface area contributed by atoms with Crippen LogP contribution in [0.3, 0.4) is 0 Å². The fraction of sp³-hybridized carbons (Fsp3) is 0.300. The van der Waals surface area contributed by atoms with Gasteiger partial charge in [0.1, 0.15) is 12.2 Å². The average molecular weight is 218 g/mol. The fourth-order valence-corrected chi connectivity index (χ4v) is 1.83. The van der Waals surface area contributed by atoms with Crippen molar-refractivity contribution in [3.63, 3.8) is 0 Å². The quantitative estimate of drug-likeness (QED) is 0.722. The molecule has 2 heterocycles. The molecule has 0 aromatic carbocycles. The molecule has 0 saturated heterocycles. The minimum absolute atomic E-state index is 0.309. The first-order valence-electron chi connectivity index (χ1n) is 4.54. The van der Waals surface area contributed by atoms with Crippen molar-refractivity contribution >= 4 is 11.3 Å². The number of nitrogens with zero attached hydrogens (tertiary/aromatic N) is 4. The van der Waals surface area contributed by atoms with Crippen LogP contribution in [0.1, 0.15) is 30.6 Å². The van der Waals surface area contributed by atoms with Gasteiger partial charge in [-0.05, 0) is 5.92 Å². The summed E-state index contributed by atoms with van der Waals surface area (Å²) in [5.74, 6) is 4.45. The molecule has 2 rings (SSSR count). The Labute approximate surface area is 92.0 Å². The highest BCUT2D eigenvalue weighted by molar-refractivity contribution is 7.10. The van der Waals surface area contributed by atoms with Gasteiger partial charge in [0.25, 0.3) is 0 Å². The third-order valence-corrected chi connectivity index (χ3v) is 2.68. The van der Waals surface area contributed by atoms with E-state index in [0.717, 1.165) is 11.6 Å². The van der Waals surface area contributed by atoms with Crippen molar-refractivity contribution < 1.29 is 0 Å². The smallest absolute Gasteiger partial charge is 0.169 e. The Hall–Kier alpha value is -1.67. The maximum atomic E-state index is 5.27. The van der Waals surface area contributed by atoms with Crippen LogP contribution in [0.25, 0.3) is 5.82 Å². The lowest BCUT2D eigenvalue weighted by molar-refractivity contribution is 0.705. The van der Waals surface area contributed by atoms with E-state index in [4.69, 9.17) is 6.42 Å². The summed E-state index contributed by atoms with van der Waals surface area (Å²) in [6.45, 7) is 4.13. The Balaban J connectivity index is 2.45. The number of terminal acetylenes is 1. The van der Waals surface area contributed by atoms with Gasteiger partial charge in [0.2, 0.25) is 0 Å². The second-order valence-electron chi connectivity index (χ2n) is 3.34. The topological polar surface area (TPSA) is 43.6 Å². The summed E-state index contributed by atoms with van der Waals surface area (Å²) in [6.07, 6.45) is 6.80. The van der Waals surface area contributed by atoms with Crippen LogP contribution in [0, 0.1) is 12.3 Å². The number of aromatic nitrogens is 4. The van der Waals surface area contributed by atoms with Gasteiger partial charge in [-0.1, -0.05) is 13.8 Å². The Kier molecular flexibility index (Phi) is 2.52. The van der Waals surface area contributed by atoms with Gasteiger partial charge in [0, 0.05) is 11.3 Å². The zero-order chi connectivity index (χ0) is 10.8. The molecular weight excluding hydrogens is 208 g/mol. The maximum absolute atomic E-state index is 5.27. The molecule has 2 aromatic rings. The van der Waals surface area contributed by atoms with Crippen LogP contribution in [0.4, 0.5) is 0 Å². The Bertz CT molecular complexity index is 503. The summed E-state index contributed by atoms with van der Waals surface area (Å²) in [5.41, 5.74) is 0. The number of hydrogen-bond acceptors (Lipinski definition) is 4. The van der Waals surface area contributed by atoms with E-state index < -0.39 is 0 Å². The molecule has 0 atom stereocenters. The van der Waals surface area contributed by atoms with Crippen LogP contribution in [-0.4, -0.2) is 19.7 Å². The van der Waals surface area contributed by atoms with Crippen LogP contribution < -0.4 is 0 Å². The van der Waals surface area contributed by atoms with Crippen molar-refractivity contribution in [2.24, 2.45) is 0 Å². The molecule has 15 heavy (non-hydrogen) atoms. The molecule has 0 fully saturated rings. The van der Waals surface area contributed by atoms with E-state index in [1.165, 1.54) is 17.7 Å². The zero-order valence-electron chi connectivity index (χ0n) is 8.51. The molecule has 2 aromatic heterocycles. The molecule has 5 heteroatoms. The van der Waals surface area contributed by atoms with Crippen LogP contribution in [0.15, 0.2) is 11.7 Å². The first-order valence-corrected chi connectivity index (χ1v) is 5.42. The number of hydrogen-bond donors (Lipinski definition) is 0. The lowest BCUT2D eigenvalue weighted by Gasteiger charge is -2.04. The number of rotatable bonds is 2. The molecule has 0 N–H and O–H groups in total. The van der Waals surface area contributed by atoms with Crippen molar-refractivity contribution in [3.8, 4) is 18.2 Å². The highest BCUT2D eigenvalue weighted by Crippen LogP contribution is 2.17. The minimum atomic E-state index is 0.309. The van der Waals surface area contributed by atoms with Crippen LogP contribution in [0.5, 0.6) is 0 Å². The SMILES string of the molecule is C#Cc1nc(-n2ncnc2C(C)C)cs1. The van der Waals surface area contributed by atoms with Crippen LogP contribution in [-0.2, 0) is 0 Å². The van der Waals surface area contributed by atoms with E-state index in [1.807, 2.05) is 5.38 Å². The Morgan fingerprint density at radius 2 is 2.33 bits per heavy atom. The van der Waals surface area contributed by atoms with E-state index in [-0.39, 0.29) is 0 Å². The molecule has 0 spiro atoms. The predicted molar refractivity (Wildman–Crippen MR) is 59.1 cm³/mol. The second-order valence-corrected chi connectivity index (χ2v) is 4.20. The molecule has 0 amide bonds. The highest BCUT2D eigenvalue weighted by atomic mass is 32.1. The summed E-state index contributed by atoms with van der Waals surface area (Å²) < 4.78 is 1.72. The fourth-order valence-electron chi connectivity index (χ4n) is 1.25. The molecule has 0 saturated carbocycles. The van der Waals surface area contributed by atoms with E-state index in [0.29, 0.717) is 10.9 Å². The Morgan fingerprint density at radius 3 is 2.93 bits per heavy atom. The van der Waals surface area contributed by atoms with Crippen molar-refractivity contribution in [3.05, 3.63) is 22.5 Å². The van der Waals surface area contributed by atoms with Crippen LogP contribution >= 0.6 is 11.3 Å². The third kappa shape index (κ3) is 1.76. The van der Waals surface area contributed by atoms with Gasteiger partial charge < -0.3 is 0 Å². The van der Waals surface area contributed by atoms with E-state index >= 15 is 0 Å². The molecule has 0 aliphatic carbocycles. The molecule has 0 bridgehead atoms. The summed E-state index contributed by atoms with van der Waals surface area (Å²) in [5, 5.41) is 6.68. The normalized spacial score (nSPS) is 10.5. The Morgan fingerprint density at radius 1 is 1.53 bits per heavy atom. The second kappa shape index (κ2) is 3.83. The first kappa shape index (κ1) is 9.87. The molecule has 0 unspecified atom stereocenters. The molecular formula is C10H10N4S. The van der Waals surface area contributed by atoms with Gasteiger partial charge in [-0.3, -0.25) is 0 Å². The maximum Gasteiger partial charge on any atom is 0.169 e. The van der Waals surface area contributed by atoms with Gasteiger partial charge in [0.15, 0.2) is 10.8 Å². The lowest BCUT2D eigenvalue weighted by atomic mass is 10.2. The van der Waals surface area contributed by atoms with Gasteiger partial charge >= 0.3 is 0 Å². The minimum Gasteiger partial charge on any atom is -0.219 e. The zero-order valence-corrected chi connectivity index (χ0v) is 9.32. The van der Waals surface area contributed by atoms with Crippen LogP contribution in [0.2, 0.25) is 0 Å². The van der Waals surface area contributed by atoms with E-state index in [9.17, 15) is 0 Å². The van der Waals surface area contributed by atoms with Crippen molar-refractivity contribution in [2.45, 2.75) is 19.8 Å². The van der Waals surface area contributed by atoms with E-state index in [1.54, 1.807) is 4.68 Å². The predicted octanol–water partition coefficient (Wildman–Crippen LogP) is 1.83. The largest absolute Gasteiger partial charge is 0.219 e.